The highest BCUT2D eigenvalue weighted by Crippen LogP contribution is 2.31. The van der Waals surface area contributed by atoms with Crippen molar-refractivity contribution in [1.29, 1.82) is 0 Å². The van der Waals surface area contributed by atoms with E-state index in [1.165, 1.54) is 6.42 Å². The van der Waals surface area contributed by atoms with Gasteiger partial charge in [-0.1, -0.05) is 12.8 Å². The third kappa shape index (κ3) is 3.16. The van der Waals surface area contributed by atoms with Crippen LogP contribution < -0.4 is 5.73 Å². The van der Waals surface area contributed by atoms with Crippen LogP contribution >= 0.6 is 0 Å². The fourth-order valence-corrected chi connectivity index (χ4v) is 2.78. The summed E-state index contributed by atoms with van der Waals surface area (Å²) in [5.74, 6) is 0. The van der Waals surface area contributed by atoms with Crippen molar-refractivity contribution < 1.29 is 9.84 Å². The molecule has 0 bridgehead atoms. The Morgan fingerprint density at radius 2 is 1.93 bits per heavy atom. The van der Waals surface area contributed by atoms with Crippen LogP contribution in [0.4, 0.5) is 0 Å². The predicted molar refractivity (Wildman–Crippen MR) is 59.6 cm³/mol. The maximum absolute atomic E-state index is 10.1. The van der Waals surface area contributed by atoms with Crippen LogP contribution in [0.2, 0.25) is 0 Å². The summed E-state index contributed by atoms with van der Waals surface area (Å²) in [6.45, 7) is 0.518. The molecule has 2 aliphatic carbocycles. The fourth-order valence-electron chi connectivity index (χ4n) is 2.78. The zero-order valence-corrected chi connectivity index (χ0v) is 9.45. The largest absolute Gasteiger partial charge is 0.387 e. The van der Waals surface area contributed by atoms with Crippen LogP contribution in [0.25, 0.3) is 0 Å². The van der Waals surface area contributed by atoms with Crippen LogP contribution in [0.1, 0.15) is 51.4 Å². The van der Waals surface area contributed by atoms with Gasteiger partial charge in [0, 0.05) is 6.04 Å². The Bertz CT molecular complexity index is 202. The minimum absolute atomic E-state index is 0.290. The molecule has 0 amide bonds. The summed E-state index contributed by atoms with van der Waals surface area (Å²) in [6, 6.07) is 0.307. The molecule has 0 aromatic carbocycles. The molecular weight excluding hydrogens is 190 g/mol. The van der Waals surface area contributed by atoms with E-state index >= 15 is 0 Å². The second-order valence-electron chi connectivity index (χ2n) is 5.29. The Labute approximate surface area is 92.0 Å². The average molecular weight is 213 g/mol. The summed E-state index contributed by atoms with van der Waals surface area (Å²) in [7, 11) is 0. The molecule has 2 fully saturated rings. The van der Waals surface area contributed by atoms with E-state index in [-0.39, 0.29) is 0 Å². The fraction of sp³-hybridized carbons (Fsp3) is 1.00. The summed E-state index contributed by atoms with van der Waals surface area (Å²) in [5, 5.41) is 10.1. The van der Waals surface area contributed by atoms with Gasteiger partial charge in [0.05, 0.1) is 18.3 Å². The first-order chi connectivity index (χ1) is 7.18. The third-order valence-corrected chi connectivity index (χ3v) is 3.79. The highest BCUT2D eigenvalue weighted by Gasteiger charge is 2.32. The molecule has 0 aromatic rings. The maximum Gasteiger partial charge on any atom is 0.0880 e. The molecule has 2 aliphatic rings. The van der Waals surface area contributed by atoms with Crippen LogP contribution in [0.5, 0.6) is 0 Å². The van der Waals surface area contributed by atoms with E-state index in [2.05, 4.69) is 0 Å². The standard InChI is InChI=1S/C12H23NO2/c13-10-4-3-5-11(8-10)15-9-12(14)6-1-2-7-12/h10-11,14H,1-9,13H2. The number of rotatable bonds is 3. The Hall–Kier alpha value is -0.120. The summed E-state index contributed by atoms with van der Waals surface area (Å²) in [4.78, 5) is 0. The molecular formula is C12H23NO2. The predicted octanol–water partition coefficient (Wildman–Crippen LogP) is 1.58. The highest BCUT2D eigenvalue weighted by molar-refractivity contribution is 4.85. The van der Waals surface area contributed by atoms with Crippen molar-refractivity contribution in [2.24, 2.45) is 5.73 Å². The normalized spacial score (nSPS) is 35.6. The molecule has 0 aromatic heterocycles. The van der Waals surface area contributed by atoms with Crippen molar-refractivity contribution in [3.8, 4) is 0 Å². The smallest absolute Gasteiger partial charge is 0.0880 e. The topological polar surface area (TPSA) is 55.5 Å². The van der Waals surface area contributed by atoms with Crippen LogP contribution in [0.15, 0.2) is 0 Å². The van der Waals surface area contributed by atoms with Gasteiger partial charge in [-0.3, -0.25) is 0 Å². The lowest BCUT2D eigenvalue weighted by Crippen LogP contribution is -2.37. The van der Waals surface area contributed by atoms with Crippen molar-refractivity contribution in [3.05, 3.63) is 0 Å². The minimum atomic E-state index is -0.526. The Morgan fingerprint density at radius 3 is 2.60 bits per heavy atom. The maximum atomic E-state index is 10.1. The molecule has 0 aliphatic heterocycles. The molecule has 2 atom stereocenters. The summed E-state index contributed by atoms with van der Waals surface area (Å²) < 4.78 is 5.81. The molecule has 2 unspecified atom stereocenters. The second-order valence-corrected chi connectivity index (χ2v) is 5.29. The van der Waals surface area contributed by atoms with Gasteiger partial charge in [-0.2, -0.15) is 0 Å². The molecule has 88 valence electrons. The van der Waals surface area contributed by atoms with Gasteiger partial charge in [-0.15, -0.1) is 0 Å². The molecule has 0 saturated heterocycles. The van der Waals surface area contributed by atoms with E-state index in [0.29, 0.717) is 18.8 Å². The van der Waals surface area contributed by atoms with Gasteiger partial charge < -0.3 is 15.6 Å². The van der Waals surface area contributed by atoms with E-state index in [0.717, 1.165) is 44.9 Å². The van der Waals surface area contributed by atoms with E-state index in [1.54, 1.807) is 0 Å². The number of hydrogen-bond donors (Lipinski definition) is 2. The summed E-state index contributed by atoms with van der Waals surface area (Å²) >= 11 is 0. The zero-order valence-electron chi connectivity index (χ0n) is 9.45. The summed E-state index contributed by atoms with van der Waals surface area (Å²) in [6.07, 6.45) is 8.78. The third-order valence-electron chi connectivity index (χ3n) is 3.79. The average Bonchev–Trinajstić information content (AvgIpc) is 2.63. The Kier molecular flexibility index (Phi) is 3.65. The lowest BCUT2D eigenvalue weighted by Gasteiger charge is -2.30. The first-order valence-corrected chi connectivity index (χ1v) is 6.27. The molecule has 2 saturated carbocycles. The van der Waals surface area contributed by atoms with Gasteiger partial charge in [-0.05, 0) is 38.5 Å². The molecule has 3 heteroatoms. The monoisotopic (exact) mass is 213 g/mol. The molecule has 15 heavy (non-hydrogen) atoms. The van der Waals surface area contributed by atoms with Crippen LogP contribution in [0, 0.1) is 0 Å². The van der Waals surface area contributed by atoms with Crippen molar-refractivity contribution >= 4 is 0 Å². The van der Waals surface area contributed by atoms with E-state index < -0.39 is 5.60 Å². The van der Waals surface area contributed by atoms with Gasteiger partial charge in [0.2, 0.25) is 0 Å². The Morgan fingerprint density at radius 1 is 1.20 bits per heavy atom. The lowest BCUT2D eigenvalue weighted by molar-refractivity contribution is -0.0786. The van der Waals surface area contributed by atoms with E-state index in [9.17, 15) is 5.11 Å². The number of hydrogen-bond acceptors (Lipinski definition) is 3. The van der Waals surface area contributed by atoms with Gasteiger partial charge >= 0.3 is 0 Å². The molecule has 3 nitrogen and oxygen atoms in total. The van der Waals surface area contributed by atoms with Crippen molar-refractivity contribution in [2.75, 3.05) is 6.61 Å². The summed E-state index contributed by atoms with van der Waals surface area (Å²) in [5.41, 5.74) is 5.37. The Balaban J connectivity index is 1.72. The van der Waals surface area contributed by atoms with Crippen LogP contribution in [0.3, 0.4) is 0 Å². The van der Waals surface area contributed by atoms with Gasteiger partial charge in [0.1, 0.15) is 0 Å². The van der Waals surface area contributed by atoms with Crippen molar-refractivity contribution in [3.63, 3.8) is 0 Å². The van der Waals surface area contributed by atoms with Gasteiger partial charge in [0.15, 0.2) is 0 Å². The second kappa shape index (κ2) is 4.81. The molecule has 0 radical (unpaired) electrons. The molecule has 0 spiro atoms. The first-order valence-electron chi connectivity index (χ1n) is 6.27. The lowest BCUT2D eigenvalue weighted by atomic mass is 9.93. The minimum Gasteiger partial charge on any atom is -0.387 e. The first kappa shape index (κ1) is 11.4. The molecule has 0 heterocycles. The van der Waals surface area contributed by atoms with Gasteiger partial charge in [0.25, 0.3) is 0 Å². The van der Waals surface area contributed by atoms with Crippen LogP contribution in [-0.4, -0.2) is 29.5 Å². The zero-order chi connectivity index (χ0) is 10.7. The SMILES string of the molecule is NC1CCCC(OCC2(O)CCCC2)C1. The highest BCUT2D eigenvalue weighted by atomic mass is 16.5. The number of aliphatic hydroxyl groups is 1. The molecule has 2 rings (SSSR count). The van der Waals surface area contributed by atoms with Gasteiger partial charge in [-0.25, -0.2) is 0 Å². The molecule has 3 N–H and O–H groups in total. The van der Waals surface area contributed by atoms with Crippen molar-refractivity contribution in [1.82, 2.24) is 0 Å². The number of ether oxygens (including phenoxy) is 1. The quantitative estimate of drug-likeness (QED) is 0.748. The van der Waals surface area contributed by atoms with Crippen molar-refractivity contribution in [2.45, 2.75) is 69.1 Å². The number of nitrogens with two attached hydrogens (primary N) is 1. The van der Waals surface area contributed by atoms with E-state index in [1.807, 2.05) is 0 Å². The van der Waals surface area contributed by atoms with Crippen LogP contribution in [-0.2, 0) is 4.74 Å². The van der Waals surface area contributed by atoms with E-state index in [4.69, 9.17) is 10.5 Å².